The Morgan fingerprint density at radius 3 is 2.68 bits per heavy atom. The molecule has 0 atom stereocenters. The number of nitrogens with one attached hydrogen (secondary N) is 1. The molecule has 2 aromatic rings. The van der Waals surface area contributed by atoms with Gasteiger partial charge in [0, 0.05) is 5.69 Å². The van der Waals surface area contributed by atoms with Crippen molar-refractivity contribution < 1.29 is 0 Å². The molecule has 0 aliphatic heterocycles. The highest BCUT2D eigenvalue weighted by Crippen LogP contribution is 2.27. The van der Waals surface area contributed by atoms with Gasteiger partial charge in [-0.2, -0.15) is 5.10 Å². The maximum Gasteiger partial charge on any atom is 0.163 e. The molecule has 98 valence electrons. The number of nitrogens with zero attached hydrogens (tertiary/aromatic N) is 2. The molecule has 2 rings (SSSR count). The molecule has 0 unspecified atom stereocenters. The second kappa shape index (κ2) is 5.75. The average Bonchev–Trinajstić information content (AvgIpc) is 2.39. The fourth-order valence-electron chi connectivity index (χ4n) is 1.86. The molecule has 0 saturated carbocycles. The highest BCUT2D eigenvalue weighted by Gasteiger charge is 2.10. The van der Waals surface area contributed by atoms with E-state index in [1.807, 2.05) is 18.2 Å². The van der Waals surface area contributed by atoms with Crippen LogP contribution in [0, 0.1) is 0 Å². The molecule has 0 radical (unpaired) electrons. The van der Waals surface area contributed by atoms with Crippen LogP contribution >= 0.6 is 12.2 Å². The molecule has 0 aliphatic carbocycles. The summed E-state index contributed by atoms with van der Waals surface area (Å²) in [7, 11) is 0. The van der Waals surface area contributed by atoms with Gasteiger partial charge in [0.05, 0.1) is 11.8 Å². The summed E-state index contributed by atoms with van der Waals surface area (Å²) < 4.78 is 0. The SMILES string of the molecule is CC(C)c1ccccc1Nc1nnccc1C(N)=S. The highest BCUT2D eigenvalue weighted by molar-refractivity contribution is 7.80. The van der Waals surface area contributed by atoms with Gasteiger partial charge in [-0.1, -0.05) is 44.3 Å². The molecular formula is C14H16N4S. The smallest absolute Gasteiger partial charge is 0.163 e. The number of nitrogens with two attached hydrogens (primary N) is 1. The first-order valence-electron chi connectivity index (χ1n) is 6.07. The molecule has 3 N–H and O–H groups in total. The number of rotatable bonds is 4. The minimum atomic E-state index is 0.305. The van der Waals surface area contributed by atoms with Gasteiger partial charge < -0.3 is 11.1 Å². The molecule has 4 nitrogen and oxygen atoms in total. The van der Waals surface area contributed by atoms with Gasteiger partial charge >= 0.3 is 0 Å². The Bertz CT molecular complexity index is 596. The van der Waals surface area contributed by atoms with E-state index in [1.54, 1.807) is 12.3 Å². The maximum atomic E-state index is 5.69. The summed E-state index contributed by atoms with van der Waals surface area (Å²) in [6, 6.07) is 9.85. The number of benzene rings is 1. The minimum absolute atomic E-state index is 0.305. The van der Waals surface area contributed by atoms with Gasteiger partial charge in [-0.15, -0.1) is 5.10 Å². The topological polar surface area (TPSA) is 63.8 Å². The zero-order valence-electron chi connectivity index (χ0n) is 10.9. The van der Waals surface area contributed by atoms with Crippen molar-refractivity contribution >= 4 is 28.7 Å². The standard InChI is InChI=1S/C14H16N4S/c1-9(2)10-5-3-4-6-12(10)17-14-11(13(15)19)7-8-16-18-14/h3-9H,1-2H3,(H2,15,19)(H,17,18). The number of para-hydroxylation sites is 1. The summed E-state index contributed by atoms with van der Waals surface area (Å²) in [6.07, 6.45) is 1.58. The van der Waals surface area contributed by atoms with Crippen molar-refractivity contribution in [3.05, 3.63) is 47.7 Å². The van der Waals surface area contributed by atoms with E-state index < -0.39 is 0 Å². The lowest BCUT2D eigenvalue weighted by Gasteiger charge is -2.15. The number of aromatic nitrogens is 2. The lowest BCUT2D eigenvalue weighted by Crippen LogP contribution is -2.13. The zero-order valence-corrected chi connectivity index (χ0v) is 11.7. The second-order valence-corrected chi connectivity index (χ2v) is 4.96. The predicted octanol–water partition coefficient (Wildman–Crippen LogP) is 2.98. The minimum Gasteiger partial charge on any atom is -0.389 e. The Kier molecular flexibility index (Phi) is 4.06. The van der Waals surface area contributed by atoms with Crippen molar-refractivity contribution in [2.75, 3.05) is 5.32 Å². The molecule has 19 heavy (non-hydrogen) atoms. The molecular weight excluding hydrogens is 256 g/mol. The third-order valence-corrected chi connectivity index (χ3v) is 3.04. The Hall–Kier alpha value is -2.01. The summed E-state index contributed by atoms with van der Waals surface area (Å²) in [5.41, 5.74) is 8.59. The van der Waals surface area contributed by atoms with Crippen LogP contribution in [0.25, 0.3) is 0 Å². The molecule has 0 bridgehead atoms. The van der Waals surface area contributed by atoms with Gasteiger partial charge in [0.1, 0.15) is 4.99 Å². The zero-order chi connectivity index (χ0) is 13.8. The first kappa shape index (κ1) is 13.4. The van der Waals surface area contributed by atoms with Crippen LogP contribution in [0.4, 0.5) is 11.5 Å². The number of thiocarbonyl (C=S) groups is 1. The van der Waals surface area contributed by atoms with Crippen LogP contribution in [0.5, 0.6) is 0 Å². The van der Waals surface area contributed by atoms with Crippen molar-refractivity contribution in [1.29, 1.82) is 0 Å². The molecule has 1 aromatic carbocycles. The summed E-state index contributed by atoms with van der Waals surface area (Å²) in [6.45, 7) is 4.29. The normalized spacial score (nSPS) is 10.5. The molecule has 0 spiro atoms. The van der Waals surface area contributed by atoms with E-state index in [0.717, 1.165) is 5.69 Å². The fraction of sp³-hybridized carbons (Fsp3) is 0.214. The molecule has 0 fully saturated rings. The van der Waals surface area contributed by atoms with Crippen molar-refractivity contribution in [3.63, 3.8) is 0 Å². The van der Waals surface area contributed by atoms with E-state index in [9.17, 15) is 0 Å². The van der Waals surface area contributed by atoms with E-state index in [4.69, 9.17) is 18.0 Å². The van der Waals surface area contributed by atoms with Gasteiger partial charge in [0.25, 0.3) is 0 Å². The summed E-state index contributed by atoms with van der Waals surface area (Å²) in [5.74, 6) is 0.997. The quantitative estimate of drug-likeness (QED) is 0.838. The Labute approximate surface area is 118 Å². The third kappa shape index (κ3) is 3.06. The summed E-state index contributed by atoms with van der Waals surface area (Å²) >= 11 is 5.02. The largest absolute Gasteiger partial charge is 0.389 e. The Morgan fingerprint density at radius 1 is 1.26 bits per heavy atom. The van der Waals surface area contributed by atoms with Crippen LogP contribution in [0.15, 0.2) is 36.5 Å². The van der Waals surface area contributed by atoms with E-state index >= 15 is 0 Å². The lowest BCUT2D eigenvalue weighted by molar-refractivity contribution is 0.868. The third-order valence-electron chi connectivity index (χ3n) is 2.82. The van der Waals surface area contributed by atoms with Crippen LogP contribution in [0.2, 0.25) is 0 Å². The van der Waals surface area contributed by atoms with Gasteiger partial charge in [-0.25, -0.2) is 0 Å². The Morgan fingerprint density at radius 2 is 2.00 bits per heavy atom. The van der Waals surface area contributed by atoms with Crippen LogP contribution in [-0.4, -0.2) is 15.2 Å². The average molecular weight is 272 g/mol. The monoisotopic (exact) mass is 272 g/mol. The van der Waals surface area contributed by atoms with Crippen LogP contribution in [0.3, 0.4) is 0 Å². The molecule has 0 aliphatic rings. The van der Waals surface area contributed by atoms with E-state index in [2.05, 4.69) is 35.4 Å². The van der Waals surface area contributed by atoms with Crippen molar-refractivity contribution in [2.45, 2.75) is 19.8 Å². The van der Waals surface area contributed by atoms with Crippen LogP contribution in [0.1, 0.15) is 30.9 Å². The van der Waals surface area contributed by atoms with E-state index in [1.165, 1.54) is 5.56 Å². The predicted molar refractivity (Wildman–Crippen MR) is 81.7 cm³/mol. The van der Waals surface area contributed by atoms with E-state index in [0.29, 0.717) is 22.3 Å². The van der Waals surface area contributed by atoms with Crippen molar-refractivity contribution in [2.24, 2.45) is 5.73 Å². The molecule has 5 heteroatoms. The molecule has 1 heterocycles. The van der Waals surface area contributed by atoms with E-state index in [-0.39, 0.29) is 0 Å². The lowest BCUT2D eigenvalue weighted by atomic mass is 10.0. The fourth-order valence-corrected chi connectivity index (χ4v) is 2.03. The first-order valence-corrected chi connectivity index (χ1v) is 6.48. The second-order valence-electron chi connectivity index (χ2n) is 4.52. The van der Waals surface area contributed by atoms with Gasteiger partial charge in [0.2, 0.25) is 0 Å². The van der Waals surface area contributed by atoms with Crippen LogP contribution in [-0.2, 0) is 0 Å². The molecule has 0 saturated heterocycles. The number of anilines is 2. The molecule has 1 aromatic heterocycles. The first-order chi connectivity index (χ1) is 9.09. The van der Waals surface area contributed by atoms with Gasteiger partial charge in [0.15, 0.2) is 5.82 Å². The number of hydrogen-bond acceptors (Lipinski definition) is 4. The summed E-state index contributed by atoms with van der Waals surface area (Å²) in [4.78, 5) is 0.305. The van der Waals surface area contributed by atoms with Crippen LogP contribution < -0.4 is 11.1 Å². The maximum absolute atomic E-state index is 5.69. The van der Waals surface area contributed by atoms with Crippen molar-refractivity contribution in [3.8, 4) is 0 Å². The van der Waals surface area contributed by atoms with Crippen molar-refractivity contribution in [1.82, 2.24) is 10.2 Å². The Balaban J connectivity index is 2.39. The molecule has 0 amide bonds. The number of hydrogen-bond donors (Lipinski definition) is 2. The van der Waals surface area contributed by atoms with Gasteiger partial charge in [-0.3, -0.25) is 0 Å². The summed E-state index contributed by atoms with van der Waals surface area (Å²) in [5, 5.41) is 11.2. The highest BCUT2D eigenvalue weighted by atomic mass is 32.1. The van der Waals surface area contributed by atoms with Gasteiger partial charge in [-0.05, 0) is 23.6 Å².